The first kappa shape index (κ1) is 49.9. The second kappa shape index (κ2) is 21.0. The minimum absolute atomic E-state index is 0.537. The third kappa shape index (κ3) is 8.70. The maximum absolute atomic E-state index is 6.24. The molecule has 0 saturated carbocycles. The number of nitrogens with one attached hydrogen (secondary N) is 3. The third-order valence-electron chi connectivity index (χ3n) is 15.0. The Hall–Kier alpha value is -10.6. The van der Waals surface area contributed by atoms with Gasteiger partial charge >= 0.3 is 0 Å². The molecule has 0 atom stereocenters. The predicted octanol–water partition coefficient (Wildman–Crippen LogP) is 7.95. The molecule has 0 unspecified atom stereocenters. The van der Waals surface area contributed by atoms with Crippen LogP contribution in [-0.4, -0.2) is 74.7 Å². The quantitative estimate of drug-likeness (QED) is 0.134. The minimum atomic E-state index is 0.537. The lowest BCUT2D eigenvalue weighted by molar-refractivity contribution is 0.350. The molecule has 0 amide bonds. The van der Waals surface area contributed by atoms with Gasteiger partial charge in [0.2, 0.25) is 0 Å². The standard InChI is InChI=1S/C69H54N6O6/c1-76-64-43-22-23-44(65(64)77-2)50-29-35-56(71-50)62(41-18-12-8-13-19-41)58-37-31-52(73-58)46-26-27-48(69(81-6)67(46)79-4)54-33-39-60(75-54)63(42-20-14-9-15-21-42)59-38-32-53(74-59)47-25-24-45(66(78-3)68(47)80-5)51-30-36-57(72-51)61(40-16-10-7-11-17-40)55-34-28-49(43)70-55/h7-39,70-71,74H,1-6H3. The first-order valence-electron chi connectivity index (χ1n) is 26.4. The van der Waals surface area contributed by atoms with Crippen LogP contribution in [-0.2, 0) is 0 Å². The van der Waals surface area contributed by atoms with Crippen molar-refractivity contribution in [1.29, 1.82) is 0 Å². The van der Waals surface area contributed by atoms with E-state index in [1.165, 1.54) is 0 Å². The summed E-state index contributed by atoms with van der Waals surface area (Å²) in [6, 6.07) is 55.5. The van der Waals surface area contributed by atoms with Crippen LogP contribution in [0.15, 0.2) is 215 Å². The van der Waals surface area contributed by atoms with Crippen LogP contribution in [0.5, 0.6) is 34.5 Å². The van der Waals surface area contributed by atoms with Crippen LogP contribution in [0, 0.1) is 31.7 Å². The van der Waals surface area contributed by atoms with E-state index in [2.05, 4.69) is 99.9 Å². The average molecular weight is 1060 g/mol. The van der Waals surface area contributed by atoms with Crippen molar-refractivity contribution in [2.24, 2.45) is 15.0 Å². The zero-order chi connectivity index (χ0) is 55.1. The molecule has 0 radical (unpaired) electrons. The number of nitrogens with zero attached hydrogens (tertiary/aromatic N) is 3. The molecule has 6 aromatic carbocycles. The zero-order valence-corrected chi connectivity index (χ0v) is 45.3. The van der Waals surface area contributed by atoms with Crippen molar-refractivity contribution in [1.82, 2.24) is 15.0 Å². The summed E-state index contributed by atoms with van der Waals surface area (Å²) in [4.78, 5) is 27.2. The monoisotopic (exact) mass is 1060 g/mol. The molecule has 10 heterocycles. The summed E-state index contributed by atoms with van der Waals surface area (Å²) in [7, 11) is 9.96. The maximum Gasteiger partial charge on any atom is 0.170 e. The second-order valence-corrected chi connectivity index (χ2v) is 19.4. The van der Waals surface area contributed by atoms with Gasteiger partial charge in [-0.15, -0.1) is 0 Å². The summed E-state index contributed by atoms with van der Waals surface area (Å²) in [5.74, 6) is 3.34. The van der Waals surface area contributed by atoms with Crippen LogP contribution in [0.25, 0.3) is 33.8 Å². The van der Waals surface area contributed by atoms with Gasteiger partial charge in [-0.3, -0.25) is 0 Å². The second-order valence-electron chi connectivity index (χ2n) is 19.4. The fourth-order valence-electron chi connectivity index (χ4n) is 11.3. The van der Waals surface area contributed by atoms with E-state index >= 15 is 0 Å². The Kier molecular flexibility index (Phi) is 12.9. The van der Waals surface area contributed by atoms with Gasteiger partial charge in [0.05, 0.1) is 76.9 Å². The molecule has 12 nitrogen and oxygen atoms in total. The molecule has 3 aromatic heterocycles. The molecule has 7 aliphatic heterocycles. The Bertz CT molecular complexity index is 4990. The number of fused-ring (bicyclic) bond motifs is 2. The highest BCUT2D eigenvalue weighted by Gasteiger charge is 2.22. The molecule has 18 bridgehead atoms. The van der Waals surface area contributed by atoms with Crippen LogP contribution in [0.3, 0.4) is 0 Å². The van der Waals surface area contributed by atoms with Crippen molar-refractivity contribution >= 4 is 50.9 Å². The van der Waals surface area contributed by atoms with Crippen LogP contribution in [0.2, 0.25) is 0 Å². The van der Waals surface area contributed by atoms with Crippen molar-refractivity contribution in [3.8, 4) is 34.5 Å². The fraction of sp³-hybridized carbons (Fsp3) is 0.0870. The molecule has 0 fully saturated rings. The average Bonchev–Trinajstić information content (AvgIpc) is 4.56. The number of aliphatic imine (C=N–C) groups is 3. The topological polar surface area (TPSA) is 140 Å². The van der Waals surface area contributed by atoms with E-state index in [-0.39, 0.29) is 0 Å². The molecule has 0 spiro atoms. The molecular formula is C69H54N6O6. The highest BCUT2D eigenvalue weighted by atomic mass is 16.5. The van der Waals surface area contributed by atoms with Crippen LogP contribution in [0.1, 0.15) is 16.7 Å². The molecule has 396 valence electrons. The highest BCUT2D eigenvalue weighted by Crippen LogP contribution is 2.32. The molecular weight excluding hydrogens is 1010 g/mol. The Labute approximate surface area is 464 Å². The number of hydrogen-bond acceptors (Lipinski definition) is 9. The number of aromatic amines is 3. The number of hydrogen-bond donors (Lipinski definition) is 3. The highest BCUT2D eigenvalue weighted by molar-refractivity contribution is 6.33. The molecule has 81 heavy (non-hydrogen) atoms. The molecule has 0 saturated heterocycles. The van der Waals surface area contributed by atoms with Gasteiger partial charge in [0.15, 0.2) is 34.5 Å². The van der Waals surface area contributed by atoms with Gasteiger partial charge in [-0.25, -0.2) is 15.0 Å². The van der Waals surface area contributed by atoms with Gasteiger partial charge in [-0.1, -0.05) is 91.0 Å². The van der Waals surface area contributed by atoms with Gasteiger partial charge < -0.3 is 43.4 Å². The van der Waals surface area contributed by atoms with Crippen molar-refractivity contribution in [3.63, 3.8) is 0 Å². The van der Waals surface area contributed by atoms with Crippen LogP contribution < -0.4 is 60.1 Å². The van der Waals surface area contributed by atoms with Gasteiger partial charge in [0, 0.05) is 80.1 Å². The van der Waals surface area contributed by atoms with Crippen molar-refractivity contribution in [3.05, 3.63) is 280 Å². The lowest BCUT2D eigenvalue weighted by Gasteiger charge is -2.11. The molecule has 12 heteroatoms. The lowest BCUT2D eigenvalue weighted by Crippen LogP contribution is -2.19. The minimum Gasteiger partial charge on any atom is -0.492 e. The molecule has 3 N–H and O–H groups in total. The first-order valence-corrected chi connectivity index (χ1v) is 26.4. The Morgan fingerprint density at radius 2 is 0.481 bits per heavy atom. The normalized spacial score (nSPS) is 14.2. The van der Waals surface area contributed by atoms with Gasteiger partial charge in [-0.05, 0) is 126 Å². The van der Waals surface area contributed by atoms with Gasteiger partial charge in [0.25, 0.3) is 0 Å². The SMILES string of the molecule is COc1c(OC)c2ccc1=C1C=CC(=N1)C(c1ccccc1)=c1ccc([nH]1)=c1ccc(c(OC)c1OC)=C1C=CC(=N1)C(c1ccccc1)=c1ccc([nH]1)=c1ccc(c(OC)c1OC)=c1ccc([nH]1)=C(c1ccccc1)C1=NC=2C=C1. The number of aromatic nitrogens is 3. The summed E-state index contributed by atoms with van der Waals surface area (Å²) in [6.45, 7) is 0. The summed E-state index contributed by atoms with van der Waals surface area (Å²) in [5, 5.41) is 9.85. The number of methoxy groups -OCH3 is 6. The Morgan fingerprint density at radius 1 is 0.247 bits per heavy atom. The lowest BCUT2D eigenvalue weighted by atomic mass is 10.0. The Balaban J connectivity index is 1.14. The summed E-state index contributed by atoms with van der Waals surface area (Å²) in [5.41, 5.74) is 10.2. The van der Waals surface area contributed by atoms with E-state index in [0.29, 0.717) is 40.2 Å². The Morgan fingerprint density at radius 3 is 0.741 bits per heavy atom. The van der Waals surface area contributed by atoms with Gasteiger partial charge in [-0.2, -0.15) is 0 Å². The van der Waals surface area contributed by atoms with E-state index in [0.717, 1.165) is 125 Å². The van der Waals surface area contributed by atoms with Crippen LogP contribution >= 0.6 is 0 Å². The summed E-state index contributed by atoms with van der Waals surface area (Å²) >= 11 is 0. The van der Waals surface area contributed by atoms with E-state index in [4.69, 9.17) is 43.4 Å². The number of rotatable bonds is 9. The van der Waals surface area contributed by atoms with Gasteiger partial charge in [0.1, 0.15) is 0 Å². The van der Waals surface area contributed by atoms with Crippen molar-refractivity contribution < 1.29 is 28.4 Å². The molecule has 0 aliphatic carbocycles. The largest absolute Gasteiger partial charge is 0.492 e. The zero-order valence-electron chi connectivity index (χ0n) is 45.3. The predicted molar refractivity (Wildman–Crippen MR) is 319 cm³/mol. The third-order valence-corrected chi connectivity index (χ3v) is 15.0. The van der Waals surface area contributed by atoms with E-state index in [9.17, 15) is 0 Å². The maximum atomic E-state index is 6.24. The molecule has 9 aromatic rings. The van der Waals surface area contributed by atoms with E-state index in [1.54, 1.807) is 42.7 Å². The number of H-pyrrole nitrogens is 3. The summed E-state index contributed by atoms with van der Waals surface area (Å²) < 4.78 is 37.4. The smallest absolute Gasteiger partial charge is 0.170 e. The number of benzene rings is 6. The fourth-order valence-corrected chi connectivity index (χ4v) is 11.3. The van der Waals surface area contributed by atoms with Crippen molar-refractivity contribution in [2.45, 2.75) is 0 Å². The number of ether oxygens (including phenoxy) is 6. The van der Waals surface area contributed by atoms with E-state index in [1.807, 2.05) is 115 Å². The number of allylic oxidation sites excluding steroid dienone is 3. The van der Waals surface area contributed by atoms with Crippen molar-refractivity contribution in [2.75, 3.05) is 42.7 Å². The molecule has 7 aliphatic rings. The first-order chi connectivity index (χ1) is 39.9. The van der Waals surface area contributed by atoms with Crippen LogP contribution in [0.4, 0.5) is 0 Å². The summed E-state index contributed by atoms with van der Waals surface area (Å²) in [6.07, 6.45) is 12.2. The molecule has 16 rings (SSSR count). The van der Waals surface area contributed by atoms with E-state index < -0.39 is 0 Å².